The average Bonchev–Trinajstić information content (AvgIpc) is 2.66. The quantitative estimate of drug-likeness (QED) is 0.801. The van der Waals surface area contributed by atoms with Crippen LogP contribution >= 0.6 is 11.8 Å². The van der Waals surface area contributed by atoms with Gasteiger partial charge in [0.05, 0.1) is 6.54 Å². The largest absolute Gasteiger partial charge is 0.361 e. The van der Waals surface area contributed by atoms with E-state index in [-0.39, 0.29) is 0 Å². The van der Waals surface area contributed by atoms with Crippen molar-refractivity contribution in [1.29, 1.82) is 0 Å². The smallest absolute Gasteiger partial charge is 0.156 e. The van der Waals surface area contributed by atoms with Crippen LogP contribution in [0.15, 0.2) is 4.99 Å². The number of amidine groups is 1. The summed E-state index contributed by atoms with van der Waals surface area (Å²) < 4.78 is 0. The van der Waals surface area contributed by atoms with Crippen molar-refractivity contribution in [3.8, 4) is 0 Å². The van der Waals surface area contributed by atoms with E-state index in [9.17, 15) is 0 Å². The van der Waals surface area contributed by atoms with Crippen molar-refractivity contribution in [2.75, 3.05) is 25.9 Å². The van der Waals surface area contributed by atoms with Gasteiger partial charge in [0.2, 0.25) is 0 Å². The Morgan fingerprint density at radius 3 is 2.62 bits per heavy atom. The van der Waals surface area contributed by atoms with Crippen LogP contribution in [0.25, 0.3) is 0 Å². The number of nitrogens with zero attached hydrogens (tertiary/aromatic N) is 2. The summed E-state index contributed by atoms with van der Waals surface area (Å²) >= 11 is 1.86. The molecule has 1 aliphatic heterocycles. The van der Waals surface area contributed by atoms with Gasteiger partial charge < -0.3 is 10.2 Å². The van der Waals surface area contributed by atoms with Gasteiger partial charge in [-0.25, -0.2) is 0 Å². The minimum atomic E-state index is 0.603. The normalized spacial score (nSPS) is 23.8. The Bertz CT molecular complexity index is 238. The van der Waals surface area contributed by atoms with Crippen molar-refractivity contribution >= 4 is 16.9 Å². The fraction of sp³-hybridized carbons (Fsp3) is 0.917. The van der Waals surface area contributed by atoms with Crippen LogP contribution in [0.1, 0.15) is 27.7 Å². The van der Waals surface area contributed by atoms with Crippen LogP contribution in [0.5, 0.6) is 0 Å². The second kappa shape index (κ2) is 6.50. The van der Waals surface area contributed by atoms with Crippen LogP contribution in [0.3, 0.4) is 0 Å². The highest BCUT2D eigenvalue weighted by Crippen LogP contribution is 2.18. The zero-order valence-electron chi connectivity index (χ0n) is 11.2. The Labute approximate surface area is 104 Å². The van der Waals surface area contributed by atoms with E-state index in [1.54, 1.807) is 0 Å². The highest BCUT2D eigenvalue weighted by molar-refractivity contribution is 8.14. The molecule has 0 radical (unpaired) electrons. The monoisotopic (exact) mass is 243 g/mol. The molecule has 1 heterocycles. The number of hydrogen-bond acceptors (Lipinski definition) is 3. The summed E-state index contributed by atoms with van der Waals surface area (Å²) in [6.07, 6.45) is 0. The molecule has 0 aromatic carbocycles. The van der Waals surface area contributed by atoms with Gasteiger partial charge in [0.1, 0.15) is 0 Å². The summed E-state index contributed by atoms with van der Waals surface area (Å²) in [6.45, 7) is 10.9. The molecule has 1 saturated heterocycles. The van der Waals surface area contributed by atoms with Crippen molar-refractivity contribution in [2.24, 2.45) is 10.9 Å². The van der Waals surface area contributed by atoms with Gasteiger partial charge in [-0.1, -0.05) is 25.6 Å². The molecule has 0 bridgehead atoms. The fourth-order valence-electron chi connectivity index (χ4n) is 1.43. The van der Waals surface area contributed by atoms with Crippen molar-refractivity contribution in [3.05, 3.63) is 0 Å². The van der Waals surface area contributed by atoms with Gasteiger partial charge in [0, 0.05) is 24.4 Å². The van der Waals surface area contributed by atoms with E-state index in [0.29, 0.717) is 18.0 Å². The Morgan fingerprint density at radius 1 is 1.44 bits per heavy atom. The maximum absolute atomic E-state index is 4.61. The molecule has 0 saturated carbocycles. The van der Waals surface area contributed by atoms with E-state index in [1.165, 1.54) is 0 Å². The lowest BCUT2D eigenvalue weighted by Gasteiger charge is -2.19. The molecule has 1 N–H and O–H groups in total. The van der Waals surface area contributed by atoms with Crippen molar-refractivity contribution < 1.29 is 0 Å². The molecule has 3 nitrogen and oxygen atoms in total. The molecule has 0 aromatic rings. The Morgan fingerprint density at radius 2 is 2.12 bits per heavy atom. The predicted octanol–water partition coefficient (Wildman–Crippen LogP) is 2.04. The molecule has 0 spiro atoms. The average molecular weight is 243 g/mol. The van der Waals surface area contributed by atoms with Crippen LogP contribution in [-0.2, 0) is 0 Å². The summed E-state index contributed by atoms with van der Waals surface area (Å²) in [5.41, 5.74) is 0. The van der Waals surface area contributed by atoms with Crippen LogP contribution in [-0.4, -0.2) is 48.0 Å². The van der Waals surface area contributed by atoms with Crippen molar-refractivity contribution in [3.63, 3.8) is 0 Å². The third kappa shape index (κ3) is 4.34. The molecule has 0 unspecified atom stereocenters. The van der Waals surface area contributed by atoms with E-state index in [1.807, 2.05) is 11.8 Å². The van der Waals surface area contributed by atoms with Gasteiger partial charge in [-0.3, -0.25) is 4.99 Å². The number of aliphatic imine (C=N–C) groups is 1. The van der Waals surface area contributed by atoms with Crippen LogP contribution in [0.2, 0.25) is 0 Å². The van der Waals surface area contributed by atoms with Gasteiger partial charge in [-0.05, 0) is 26.8 Å². The highest BCUT2D eigenvalue weighted by atomic mass is 32.2. The molecular weight excluding hydrogens is 218 g/mol. The topological polar surface area (TPSA) is 27.6 Å². The van der Waals surface area contributed by atoms with Gasteiger partial charge in [0.15, 0.2) is 5.17 Å². The van der Waals surface area contributed by atoms with E-state index < -0.39 is 0 Å². The van der Waals surface area contributed by atoms with Crippen LogP contribution < -0.4 is 5.32 Å². The molecule has 1 rings (SSSR count). The Hall–Kier alpha value is -0.220. The number of hydrogen-bond donors (Lipinski definition) is 1. The van der Waals surface area contributed by atoms with Crippen molar-refractivity contribution in [1.82, 2.24) is 10.2 Å². The second-order valence-electron chi connectivity index (χ2n) is 5.07. The van der Waals surface area contributed by atoms with E-state index >= 15 is 0 Å². The molecule has 94 valence electrons. The zero-order valence-corrected chi connectivity index (χ0v) is 12.0. The third-order valence-corrected chi connectivity index (χ3v) is 4.15. The minimum absolute atomic E-state index is 0.603. The summed E-state index contributed by atoms with van der Waals surface area (Å²) in [7, 11) is 2.15. The number of thioether (sulfide) groups is 1. The van der Waals surface area contributed by atoms with Gasteiger partial charge in [-0.2, -0.15) is 0 Å². The van der Waals surface area contributed by atoms with Gasteiger partial charge in [-0.15, -0.1) is 0 Å². The maximum Gasteiger partial charge on any atom is 0.156 e. The molecule has 4 heteroatoms. The number of nitrogens with one attached hydrogen (secondary N) is 1. The number of likely N-dealkylation sites (N-methyl/N-ethyl adjacent to an activating group) is 1. The fourth-order valence-corrected chi connectivity index (χ4v) is 2.65. The van der Waals surface area contributed by atoms with Crippen LogP contribution in [0, 0.1) is 5.92 Å². The number of rotatable bonds is 5. The first-order valence-electron chi connectivity index (χ1n) is 6.14. The van der Waals surface area contributed by atoms with E-state index in [2.05, 4.69) is 50.0 Å². The predicted molar refractivity (Wildman–Crippen MR) is 74.3 cm³/mol. The summed E-state index contributed by atoms with van der Waals surface area (Å²) in [4.78, 5) is 6.93. The third-order valence-electron chi connectivity index (χ3n) is 3.10. The Balaban J connectivity index is 2.26. The molecule has 1 aliphatic rings. The molecule has 16 heavy (non-hydrogen) atoms. The maximum atomic E-state index is 4.61. The molecule has 1 atom stereocenters. The van der Waals surface area contributed by atoms with E-state index in [0.717, 1.165) is 24.0 Å². The van der Waals surface area contributed by atoms with Gasteiger partial charge in [0.25, 0.3) is 0 Å². The second-order valence-corrected chi connectivity index (χ2v) is 6.08. The zero-order chi connectivity index (χ0) is 12.1. The molecule has 0 aromatic heterocycles. The Kier molecular flexibility index (Phi) is 5.62. The summed E-state index contributed by atoms with van der Waals surface area (Å²) in [6, 6.07) is 1.21. The summed E-state index contributed by atoms with van der Waals surface area (Å²) in [5.74, 6) is 1.86. The van der Waals surface area contributed by atoms with Gasteiger partial charge >= 0.3 is 0 Å². The molecule has 1 fully saturated rings. The summed E-state index contributed by atoms with van der Waals surface area (Å²) in [5, 5.41) is 4.62. The minimum Gasteiger partial charge on any atom is -0.361 e. The standard InChI is InChI=1S/C12H25N3S/c1-9(2)11-8-16-12(14-11)13-6-7-15(5)10(3)4/h9-11H,6-8H2,1-5H3,(H,13,14)/t11-/m1/s1. The lowest BCUT2D eigenvalue weighted by Crippen LogP contribution is -2.32. The SMILES string of the molecule is CC(C)[C@H]1CSC(=NCCN(C)C(C)C)N1. The highest BCUT2D eigenvalue weighted by Gasteiger charge is 2.22. The first-order valence-corrected chi connectivity index (χ1v) is 7.13. The van der Waals surface area contributed by atoms with E-state index in [4.69, 9.17) is 0 Å². The lowest BCUT2D eigenvalue weighted by molar-refractivity contribution is 0.282. The van der Waals surface area contributed by atoms with Crippen molar-refractivity contribution in [2.45, 2.75) is 39.8 Å². The molecule has 0 amide bonds. The van der Waals surface area contributed by atoms with Crippen LogP contribution in [0.4, 0.5) is 0 Å². The lowest BCUT2D eigenvalue weighted by atomic mass is 10.1. The molecule has 0 aliphatic carbocycles. The first-order chi connectivity index (χ1) is 7.50. The first kappa shape index (κ1) is 13.8. The molecular formula is C12H25N3S.